The number of carbonyl (C=O) groups excluding carboxylic acids is 1. The summed E-state index contributed by atoms with van der Waals surface area (Å²) in [6, 6.07) is 1.52. The minimum absolute atomic E-state index is 0.0297. The molecule has 0 bridgehead atoms. The number of hydrogen-bond donors (Lipinski definition) is 1. The number of carbonyl (C=O) groups is 1. The van der Waals surface area contributed by atoms with Crippen LogP contribution in [0.3, 0.4) is 0 Å². The molecule has 0 radical (unpaired) electrons. The van der Waals surface area contributed by atoms with Crippen molar-refractivity contribution >= 4 is 17.6 Å². The Labute approximate surface area is 116 Å². The Hall–Kier alpha value is -1.46. The minimum Gasteiger partial charge on any atom is -0.467 e. The van der Waals surface area contributed by atoms with E-state index >= 15 is 0 Å². The van der Waals surface area contributed by atoms with Gasteiger partial charge in [0.2, 0.25) is 6.79 Å². The molecule has 1 N–H and O–H groups in total. The number of rotatable bonds is 3. The lowest BCUT2D eigenvalue weighted by Gasteiger charge is -2.19. The third kappa shape index (κ3) is 2.35. The van der Waals surface area contributed by atoms with E-state index in [1.807, 2.05) is 13.8 Å². The molecule has 1 aromatic carbocycles. The van der Waals surface area contributed by atoms with Crippen LogP contribution < -0.4 is 9.47 Å². The number of fused-ring (bicyclic) bond motifs is 1. The van der Waals surface area contributed by atoms with Crippen molar-refractivity contribution in [2.75, 3.05) is 13.9 Å². The Bertz CT molecular complexity index is 512. The fourth-order valence-electron chi connectivity index (χ4n) is 2.13. The normalized spacial score (nSPS) is 14.6. The largest absolute Gasteiger partial charge is 0.467 e. The second kappa shape index (κ2) is 5.27. The third-order valence-corrected chi connectivity index (χ3v) is 3.24. The average molecular weight is 287 g/mol. The number of aliphatic hydroxyl groups excluding tert-OH is 1. The lowest BCUT2D eigenvalue weighted by Crippen LogP contribution is -2.16. The lowest BCUT2D eigenvalue weighted by molar-refractivity contribution is -0.150. The summed E-state index contributed by atoms with van der Waals surface area (Å²) < 4.78 is 15.3. The van der Waals surface area contributed by atoms with Gasteiger partial charge in [0.05, 0.1) is 12.1 Å². The van der Waals surface area contributed by atoms with Gasteiger partial charge in [0.25, 0.3) is 0 Å². The highest BCUT2D eigenvalue weighted by Gasteiger charge is 2.31. The molecule has 6 heteroatoms. The van der Waals surface area contributed by atoms with Crippen LogP contribution in [0, 0.1) is 0 Å². The van der Waals surface area contributed by atoms with Crippen LogP contribution in [0.1, 0.15) is 37.0 Å². The van der Waals surface area contributed by atoms with Crippen LogP contribution in [-0.2, 0) is 9.53 Å². The Balaban J connectivity index is 2.60. The molecule has 1 heterocycles. The van der Waals surface area contributed by atoms with Gasteiger partial charge in [-0.3, -0.25) is 0 Å². The first-order valence-electron chi connectivity index (χ1n) is 5.85. The average Bonchev–Trinajstić information content (AvgIpc) is 2.85. The zero-order valence-corrected chi connectivity index (χ0v) is 11.7. The van der Waals surface area contributed by atoms with Crippen LogP contribution in [0.15, 0.2) is 6.07 Å². The summed E-state index contributed by atoms with van der Waals surface area (Å²) in [4.78, 5) is 11.5. The van der Waals surface area contributed by atoms with E-state index in [1.165, 1.54) is 13.2 Å². The first-order chi connectivity index (χ1) is 8.97. The number of methoxy groups -OCH3 is 1. The van der Waals surface area contributed by atoms with Gasteiger partial charge in [-0.2, -0.15) is 0 Å². The van der Waals surface area contributed by atoms with Gasteiger partial charge in [0, 0.05) is 11.1 Å². The summed E-state index contributed by atoms with van der Waals surface area (Å²) in [5, 5.41) is 10.3. The molecule has 0 spiro atoms. The molecule has 104 valence electrons. The fourth-order valence-corrected chi connectivity index (χ4v) is 2.39. The highest BCUT2D eigenvalue weighted by Crippen LogP contribution is 2.47. The first kappa shape index (κ1) is 14.0. The molecule has 0 aliphatic carbocycles. The first-order valence-corrected chi connectivity index (χ1v) is 6.23. The molecular weight excluding hydrogens is 272 g/mol. The predicted octanol–water partition coefficient (Wildman–Crippen LogP) is 2.40. The zero-order chi connectivity index (χ0) is 14.2. The summed E-state index contributed by atoms with van der Waals surface area (Å²) in [5.74, 6) is 0.227. The molecule has 19 heavy (non-hydrogen) atoms. The molecule has 5 nitrogen and oxygen atoms in total. The maximum absolute atomic E-state index is 11.5. The third-order valence-electron chi connectivity index (χ3n) is 2.96. The molecule has 1 aliphatic rings. The number of ether oxygens (including phenoxy) is 3. The van der Waals surface area contributed by atoms with Gasteiger partial charge in [0.1, 0.15) is 0 Å². The molecule has 1 aromatic rings. The number of hydrogen-bond acceptors (Lipinski definition) is 5. The van der Waals surface area contributed by atoms with E-state index in [2.05, 4.69) is 4.74 Å². The summed E-state index contributed by atoms with van der Waals surface area (Å²) in [6.45, 7) is 3.93. The summed E-state index contributed by atoms with van der Waals surface area (Å²) in [6.07, 6.45) is -1.39. The van der Waals surface area contributed by atoms with E-state index in [9.17, 15) is 9.90 Å². The molecule has 1 unspecified atom stereocenters. The van der Waals surface area contributed by atoms with Crippen LogP contribution in [-0.4, -0.2) is 25.0 Å². The second-order valence-corrected chi connectivity index (χ2v) is 4.91. The van der Waals surface area contributed by atoms with Crippen LogP contribution in [0.5, 0.6) is 11.5 Å². The zero-order valence-electron chi connectivity index (χ0n) is 10.9. The highest BCUT2D eigenvalue weighted by molar-refractivity contribution is 6.32. The summed E-state index contributed by atoms with van der Waals surface area (Å²) >= 11 is 6.08. The van der Waals surface area contributed by atoms with Crippen molar-refractivity contribution in [2.24, 2.45) is 0 Å². The number of halogens is 1. The van der Waals surface area contributed by atoms with Gasteiger partial charge >= 0.3 is 5.97 Å². The molecule has 0 aromatic heterocycles. The second-order valence-electron chi connectivity index (χ2n) is 4.51. The van der Waals surface area contributed by atoms with Crippen LogP contribution >= 0.6 is 11.6 Å². The van der Waals surface area contributed by atoms with Crippen molar-refractivity contribution in [1.82, 2.24) is 0 Å². The SMILES string of the molecule is COC(=O)C(O)c1cc(Cl)c2c(c1C(C)C)OCO2. The Morgan fingerprint density at radius 2 is 2.05 bits per heavy atom. The lowest BCUT2D eigenvalue weighted by atomic mass is 9.92. The molecule has 1 aliphatic heterocycles. The van der Waals surface area contributed by atoms with Crippen molar-refractivity contribution in [2.45, 2.75) is 25.9 Å². The number of aliphatic hydroxyl groups is 1. The van der Waals surface area contributed by atoms with Crippen molar-refractivity contribution in [1.29, 1.82) is 0 Å². The van der Waals surface area contributed by atoms with Crippen molar-refractivity contribution in [3.8, 4) is 11.5 Å². The molecule has 0 amide bonds. The minimum atomic E-state index is -1.39. The molecule has 1 atom stereocenters. The topological polar surface area (TPSA) is 65.0 Å². The maximum atomic E-state index is 11.5. The Kier molecular flexibility index (Phi) is 3.87. The van der Waals surface area contributed by atoms with Crippen molar-refractivity contribution in [3.05, 3.63) is 22.2 Å². The number of benzene rings is 1. The molecular formula is C13H15ClO5. The quantitative estimate of drug-likeness (QED) is 0.864. The highest BCUT2D eigenvalue weighted by atomic mass is 35.5. The molecule has 0 saturated heterocycles. The van der Waals surface area contributed by atoms with Gasteiger partial charge < -0.3 is 19.3 Å². The van der Waals surface area contributed by atoms with E-state index in [0.717, 1.165) is 0 Å². The standard InChI is InChI=1S/C13H15ClO5/c1-6(2)9-7(10(15)13(16)17-3)4-8(14)11-12(9)19-5-18-11/h4,6,10,15H,5H2,1-3H3. The van der Waals surface area contributed by atoms with E-state index < -0.39 is 12.1 Å². The van der Waals surface area contributed by atoms with Gasteiger partial charge in [-0.15, -0.1) is 0 Å². The van der Waals surface area contributed by atoms with Gasteiger partial charge in [-0.25, -0.2) is 4.79 Å². The smallest absolute Gasteiger partial charge is 0.339 e. The summed E-state index contributed by atoms with van der Waals surface area (Å²) in [7, 11) is 1.22. The van der Waals surface area contributed by atoms with E-state index in [4.69, 9.17) is 21.1 Å². The monoisotopic (exact) mass is 286 g/mol. The molecule has 2 rings (SSSR count). The molecule has 0 fully saturated rings. The maximum Gasteiger partial charge on any atom is 0.339 e. The van der Waals surface area contributed by atoms with E-state index in [0.29, 0.717) is 27.6 Å². The summed E-state index contributed by atoms with van der Waals surface area (Å²) in [5.41, 5.74) is 1.09. The van der Waals surface area contributed by atoms with E-state index in [-0.39, 0.29) is 12.7 Å². The van der Waals surface area contributed by atoms with Crippen molar-refractivity contribution < 1.29 is 24.1 Å². The van der Waals surface area contributed by atoms with Crippen LogP contribution in [0.4, 0.5) is 0 Å². The van der Waals surface area contributed by atoms with Crippen LogP contribution in [0.2, 0.25) is 5.02 Å². The predicted molar refractivity (Wildman–Crippen MR) is 68.6 cm³/mol. The molecule has 0 saturated carbocycles. The van der Waals surface area contributed by atoms with E-state index in [1.54, 1.807) is 0 Å². The van der Waals surface area contributed by atoms with Gasteiger partial charge in [-0.05, 0) is 12.0 Å². The Morgan fingerprint density at radius 1 is 1.42 bits per heavy atom. The number of esters is 1. The Morgan fingerprint density at radius 3 is 2.63 bits per heavy atom. The van der Waals surface area contributed by atoms with Gasteiger partial charge in [-0.1, -0.05) is 25.4 Å². The fraction of sp³-hybridized carbons (Fsp3) is 0.462. The van der Waals surface area contributed by atoms with Gasteiger partial charge in [0.15, 0.2) is 17.6 Å². The van der Waals surface area contributed by atoms with Crippen molar-refractivity contribution in [3.63, 3.8) is 0 Å². The van der Waals surface area contributed by atoms with Crippen LogP contribution in [0.25, 0.3) is 0 Å².